The molecule has 0 radical (unpaired) electrons. The molecule has 0 spiro atoms. The van der Waals surface area contributed by atoms with Crippen LogP contribution in [0.15, 0.2) is 36.5 Å². The van der Waals surface area contributed by atoms with Crippen LogP contribution in [0.25, 0.3) is 11.0 Å². The first-order valence-corrected chi connectivity index (χ1v) is 10.4. The van der Waals surface area contributed by atoms with Gasteiger partial charge in [0.25, 0.3) is 0 Å². The average Bonchev–Trinajstić information content (AvgIpc) is 3.19. The first kappa shape index (κ1) is 22.8. The van der Waals surface area contributed by atoms with Gasteiger partial charge < -0.3 is 5.32 Å². The summed E-state index contributed by atoms with van der Waals surface area (Å²) in [7, 11) is 0. The van der Waals surface area contributed by atoms with Crippen molar-refractivity contribution in [2.24, 2.45) is 0 Å². The minimum Gasteiger partial charge on any atom is -0.306 e. The standard InChI is InChI=1S/C22H20ClF3N6O/c1-12-5-4-6-15(7-12)9-31-10-17(23)20(30-31)28-18(33)11-32-21-19(14(3)29-32)16(22(24,25)26)8-13(2)27-21/h4-8,10H,9,11H2,1-3H3,(H,28,30,33). The zero-order valence-corrected chi connectivity index (χ0v) is 18.8. The lowest BCUT2D eigenvalue weighted by Gasteiger charge is -2.10. The molecule has 1 aromatic carbocycles. The summed E-state index contributed by atoms with van der Waals surface area (Å²) >= 11 is 6.22. The van der Waals surface area contributed by atoms with E-state index in [1.807, 2.05) is 31.2 Å². The van der Waals surface area contributed by atoms with Crippen LogP contribution in [0, 0.1) is 20.8 Å². The third-order valence-electron chi connectivity index (χ3n) is 5.01. The quantitative estimate of drug-likeness (QED) is 0.444. The highest BCUT2D eigenvalue weighted by Crippen LogP contribution is 2.36. The maximum atomic E-state index is 13.5. The summed E-state index contributed by atoms with van der Waals surface area (Å²) in [6.45, 7) is 5.01. The second-order valence-corrected chi connectivity index (χ2v) is 8.22. The van der Waals surface area contributed by atoms with Crippen LogP contribution in [0.4, 0.5) is 19.0 Å². The molecule has 7 nitrogen and oxygen atoms in total. The number of pyridine rings is 1. The monoisotopic (exact) mass is 476 g/mol. The second-order valence-electron chi connectivity index (χ2n) is 7.81. The fraction of sp³-hybridized carbons (Fsp3) is 0.273. The first-order valence-electron chi connectivity index (χ1n) is 10.0. The molecule has 1 N–H and O–H groups in total. The van der Waals surface area contributed by atoms with E-state index in [-0.39, 0.29) is 39.8 Å². The Morgan fingerprint density at radius 3 is 2.61 bits per heavy atom. The number of hydrogen-bond acceptors (Lipinski definition) is 4. The van der Waals surface area contributed by atoms with Crippen LogP contribution >= 0.6 is 11.6 Å². The minimum atomic E-state index is -4.56. The highest BCUT2D eigenvalue weighted by Gasteiger charge is 2.35. The number of carbonyl (C=O) groups excluding carboxylic acids is 1. The van der Waals surface area contributed by atoms with Crippen molar-refractivity contribution in [1.29, 1.82) is 0 Å². The molecule has 4 rings (SSSR count). The van der Waals surface area contributed by atoms with Gasteiger partial charge in [-0.15, -0.1) is 0 Å². The van der Waals surface area contributed by atoms with E-state index in [0.29, 0.717) is 6.54 Å². The summed E-state index contributed by atoms with van der Waals surface area (Å²) in [5.41, 5.74) is 1.61. The molecule has 0 saturated heterocycles. The van der Waals surface area contributed by atoms with Crippen LogP contribution in [0.2, 0.25) is 5.02 Å². The van der Waals surface area contributed by atoms with Crippen molar-refractivity contribution in [1.82, 2.24) is 24.5 Å². The summed E-state index contributed by atoms with van der Waals surface area (Å²) in [6, 6.07) is 8.87. The Bertz CT molecular complexity index is 1360. The van der Waals surface area contributed by atoms with Crippen LogP contribution in [0.1, 0.15) is 28.1 Å². The summed E-state index contributed by atoms with van der Waals surface area (Å²) in [4.78, 5) is 16.8. The number of aromatic nitrogens is 5. The highest BCUT2D eigenvalue weighted by molar-refractivity contribution is 6.33. The molecule has 33 heavy (non-hydrogen) atoms. The number of aryl methyl sites for hydroxylation is 3. The number of nitrogens with zero attached hydrogens (tertiary/aromatic N) is 5. The van der Waals surface area contributed by atoms with E-state index in [0.717, 1.165) is 21.9 Å². The van der Waals surface area contributed by atoms with Crippen LogP contribution in [0.3, 0.4) is 0 Å². The number of nitrogens with one attached hydrogen (secondary N) is 1. The molecule has 11 heteroatoms. The Labute approximate surface area is 192 Å². The molecular weight excluding hydrogens is 457 g/mol. The molecule has 1 amide bonds. The number of alkyl halides is 3. The number of hydrogen-bond donors (Lipinski definition) is 1. The van der Waals surface area contributed by atoms with Gasteiger partial charge in [-0.25, -0.2) is 9.67 Å². The fourth-order valence-corrected chi connectivity index (χ4v) is 3.88. The number of amides is 1. The lowest BCUT2D eigenvalue weighted by molar-refractivity contribution is -0.136. The smallest absolute Gasteiger partial charge is 0.306 e. The normalized spacial score (nSPS) is 11.8. The molecule has 0 unspecified atom stereocenters. The van der Waals surface area contributed by atoms with Gasteiger partial charge in [0.15, 0.2) is 11.5 Å². The molecular formula is C22H20ClF3N6O. The van der Waals surface area contributed by atoms with E-state index in [1.54, 1.807) is 10.9 Å². The van der Waals surface area contributed by atoms with Crippen LogP contribution in [-0.2, 0) is 24.1 Å². The molecule has 3 aromatic heterocycles. The Kier molecular flexibility index (Phi) is 5.87. The van der Waals surface area contributed by atoms with Gasteiger partial charge in [0.1, 0.15) is 11.6 Å². The van der Waals surface area contributed by atoms with Gasteiger partial charge in [-0.05, 0) is 32.4 Å². The van der Waals surface area contributed by atoms with Crippen molar-refractivity contribution < 1.29 is 18.0 Å². The number of carbonyl (C=O) groups is 1. The topological polar surface area (TPSA) is 77.6 Å². The predicted octanol–water partition coefficient (Wildman–Crippen LogP) is 4.91. The Balaban J connectivity index is 1.55. The van der Waals surface area contributed by atoms with Gasteiger partial charge in [0.2, 0.25) is 5.91 Å². The SMILES string of the molecule is Cc1cccc(Cn2cc(Cl)c(NC(=O)Cn3nc(C)c4c(C(F)(F)F)cc(C)nc43)n2)c1. The van der Waals surface area contributed by atoms with E-state index in [2.05, 4.69) is 20.5 Å². The molecule has 0 atom stereocenters. The van der Waals surface area contributed by atoms with Crippen molar-refractivity contribution >= 4 is 34.4 Å². The summed E-state index contributed by atoms with van der Waals surface area (Å²) in [6.07, 6.45) is -2.97. The van der Waals surface area contributed by atoms with Crippen LogP contribution in [0.5, 0.6) is 0 Å². The Morgan fingerprint density at radius 2 is 1.91 bits per heavy atom. The number of benzene rings is 1. The maximum Gasteiger partial charge on any atom is 0.417 e. The van der Waals surface area contributed by atoms with Crippen molar-refractivity contribution in [2.45, 2.75) is 40.0 Å². The summed E-state index contributed by atoms with van der Waals surface area (Å²) < 4.78 is 43.2. The second kappa shape index (κ2) is 8.51. The molecule has 0 aliphatic heterocycles. The molecule has 3 heterocycles. The molecule has 0 bridgehead atoms. The predicted molar refractivity (Wildman–Crippen MR) is 118 cm³/mol. The van der Waals surface area contributed by atoms with Crippen LogP contribution < -0.4 is 5.32 Å². The lowest BCUT2D eigenvalue weighted by atomic mass is 10.1. The zero-order valence-electron chi connectivity index (χ0n) is 18.0. The summed E-state index contributed by atoms with van der Waals surface area (Å²) in [5.74, 6) is -0.387. The third kappa shape index (κ3) is 4.85. The summed E-state index contributed by atoms with van der Waals surface area (Å²) in [5, 5.41) is 11.1. The lowest BCUT2D eigenvalue weighted by Crippen LogP contribution is -2.20. The number of fused-ring (bicyclic) bond motifs is 1. The van der Waals surface area contributed by atoms with E-state index in [4.69, 9.17) is 11.6 Å². The molecule has 4 aromatic rings. The molecule has 0 aliphatic rings. The third-order valence-corrected chi connectivity index (χ3v) is 5.28. The van der Waals surface area contributed by atoms with Gasteiger partial charge in [-0.2, -0.15) is 23.4 Å². The van der Waals surface area contributed by atoms with E-state index < -0.39 is 17.6 Å². The Morgan fingerprint density at radius 1 is 1.15 bits per heavy atom. The van der Waals surface area contributed by atoms with Gasteiger partial charge in [0.05, 0.1) is 23.2 Å². The number of anilines is 1. The van der Waals surface area contributed by atoms with Gasteiger partial charge in [-0.1, -0.05) is 41.4 Å². The molecule has 172 valence electrons. The molecule has 0 saturated carbocycles. The molecule has 0 fully saturated rings. The average molecular weight is 477 g/mol. The minimum absolute atomic E-state index is 0.00829. The molecule has 0 aliphatic carbocycles. The van der Waals surface area contributed by atoms with Gasteiger partial charge >= 0.3 is 6.18 Å². The largest absolute Gasteiger partial charge is 0.417 e. The first-order chi connectivity index (χ1) is 15.5. The van der Waals surface area contributed by atoms with E-state index >= 15 is 0 Å². The van der Waals surface area contributed by atoms with Crippen molar-refractivity contribution in [2.75, 3.05) is 5.32 Å². The van der Waals surface area contributed by atoms with Gasteiger partial charge in [-0.3, -0.25) is 9.48 Å². The highest BCUT2D eigenvalue weighted by atomic mass is 35.5. The van der Waals surface area contributed by atoms with Crippen molar-refractivity contribution in [3.63, 3.8) is 0 Å². The number of halogens is 4. The van der Waals surface area contributed by atoms with E-state index in [1.165, 1.54) is 13.8 Å². The fourth-order valence-electron chi connectivity index (χ4n) is 3.68. The van der Waals surface area contributed by atoms with Crippen molar-refractivity contribution in [3.05, 3.63) is 69.6 Å². The van der Waals surface area contributed by atoms with Gasteiger partial charge in [0, 0.05) is 11.9 Å². The Hall–Kier alpha value is -3.40. The van der Waals surface area contributed by atoms with E-state index in [9.17, 15) is 18.0 Å². The zero-order chi connectivity index (χ0) is 23.9. The maximum absolute atomic E-state index is 13.5. The van der Waals surface area contributed by atoms with Crippen molar-refractivity contribution in [3.8, 4) is 0 Å². The van der Waals surface area contributed by atoms with Crippen LogP contribution in [-0.4, -0.2) is 30.5 Å². The number of rotatable bonds is 5.